The van der Waals surface area contributed by atoms with E-state index in [1.165, 1.54) is 34.8 Å². The van der Waals surface area contributed by atoms with Gasteiger partial charge in [0, 0.05) is 37.6 Å². The minimum atomic E-state index is -1.21. The molecular weight excluding hydrogens is 628 g/mol. The van der Waals surface area contributed by atoms with Crippen LogP contribution in [0.2, 0.25) is 0 Å². The summed E-state index contributed by atoms with van der Waals surface area (Å²) in [7, 11) is 0. The van der Waals surface area contributed by atoms with Crippen LogP contribution in [0.5, 0.6) is 5.75 Å². The third-order valence-corrected chi connectivity index (χ3v) is 11.1. The normalized spacial score (nSPS) is 17.8. The Morgan fingerprint density at radius 2 is 1.00 bits per heavy atom. The number of benzene rings is 2. The Morgan fingerprint density at radius 1 is 0.578 bits per heavy atom. The number of Topliss-reactive ketones (excluding diaryl/α,β-unsaturated/α-hetero) is 4. The van der Waals surface area contributed by atoms with Crippen LogP contribution in [0.4, 0.5) is 17.6 Å². The molecule has 1 fully saturated rings. The Kier molecular flexibility index (Phi) is 6.08. The largest absolute Gasteiger partial charge is 0.481 e. The predicted molar refractivity (Wildman–Crippen MR) is 159 cm³/mol. The van der Waals surface area contributed by atoms with Crippen LogP contribution in [-0.4, -0.2) is 23.1 Å². The topological polar surface area (TPSA) is 77.5 Å². The summed E-state index contributed by atoms with van der Waals surface area (Å²) in [5, 5.41) is 0. The minimum Gasteiger partial charge on any atom is -0.481 e. The quantitative estimate of drug-likeness (QED) is 0.124. The van der Waals surface area contributed by atoms with Crippen molar-refractivity contribution >= 4 is 58.0 Å². The van der Waals surface area contributed by atoms with E-state index in [4.69, 9.17) is 4.74 Å². The first-order valence-corrected chi connectivity index (χ1v) is 15.8. The van der Waals surface area contributed by atoms with Crippen molar-refractivity contribution in [2.24, 2.45) is 0 Å². The molecule has 0 unspecified atom stereocenters. The van der Waals surface area contributed by atoms with Crippen molar-refractivity contribution in [1.29, 1.82) is 0 Å². The van der Waals surface area contributed by atoms with E-state index in [1.54, 1.807) is 6.07 Å². The molecule has 5 nitrogen and oxygen atoms in total. The van der Waals surface area contributed by atoms with Crippen LogP contribution in [0.15, 0.2) is 47.5 Å². The van der Waals surface area contributed by atoms with E-state index in [2.05, 4.69) is 0 Å². The van der Waals surface area contributed by atoms with Gasteiger partial charge in [0.2, 0.25) is 0 Å². The summed E-state index contributed by atoms with van der Waals surface area (Å²) in [5.74, 6) is -7.03. The molecule has 0 N–H and O–H groups in total. The highest BCUT2D eigenvalue weighted by atomic mass is 32.1. The van der Waals surface area contributed by atoms with Crippen molar-refractivity contribution in [1.82, 2.24) is 0 Å². The zero-order chi connectivity index (χ0) is 31.4. The fourth-order valence-corrected chi connectivity index (χ4v) is 8.99. The molecule has 0 saturated heterocycles. The number of halogens is 4. The molecule has 11 heteroatoms. The average Bonchev–Trinajstić information content (AvgIpc) is 3.73. The van der Waals surface area contributed by atoms with Crippen LogP contribution < -0.4 is 4.74 Å². The van der Waals surface area contributed by atoms with Crippen molar-refractivity contribution < 1.29 is 41.5 Å². The summed E-state index contributed by atoms with van der Waals surface area (Å²) < 4.78 is 62.0. The molecule has 0 atom stereocenters. The first-order valence-electron chi connectivity index (χ1n) is 14.1. The molecule has 45 heavy (non-hydrogen) atoms. The molecule has 3 heterocycles. The summed E-state index contributed by atoms with van der Waals surface area (Å²) in [6.07, 6.45) is 7.17. The summed E-state index contributed by atoms with van der Waals surface area (Å²) in [6, 6.07) is 6.58. The number of ketones is 4. The summed E-state index contributed by atoms with van der Waals surface area (Å²) in [4.78, 5) is 54.8. The Balaban J connectivity index is 1.21. The number of allylic oxidation sites excluding steroid dienone is 2. The molecule has 0 bridgehead atoms. The van der Waals surface area contributed by atoms with Gasteiger partial charge in [0.05, 0.1) is 20.9 Å². The molecule has 8 rings (SSSR count). The lowest BCUT2D eigenvalue weighted by Crippen LogP contribution is -2.37. The molecule has 2 aromatic heterocycles. The van der Waals surface area contributed by atoms with Gasteiger partial charge in [-0.25, -0.2) is 17.6 Å². The molecule has 4 aliphatic rings. The second kappa shape index (κ2) is 9.76. The number of ether oxygens (including phenoxy) is 1. The maximum absolute atomic E-state index is 13.9. The first kappa shape index (κ1) is 28.0. The lowest BCUT2D eigenvalue weighted by atomic mass is 9.78. The van der Waals surface area contributed by atoms with E-state index in [-0.39, 0.29) is 33.4 Å². The zero-order valence-corrected chi connectivity index (χ0v) is 24.7. The van der Waals surface area contributed by atoms with E-state index in [9.17, 15) is 36.7 Å². The number of hydrogen-bond donors (Lipinski definition) is 0. The van der Waals surface area contributed by atoms with Crippen molar-refractivity contribution in [2.75, 3.05) is 0 Å². The fraction of sp³-hybridized carbons (Fsp3) is 0.176. The minimum absolute atomic E-state index is 0.180. The molecule has 1 saturated carbocycles. The Hall–Kier alpha value is -4.48. The summed E-state index contributed by atoms with van der Waals surface area (Å²) in [5.41, 5.74) is -0.898. The van der Waals surface area contributed by atoms with Gasteiger partial charge in [0.25, 0.3) is 0 Å². The third kappa shape index (κ3) is 4.10. The van der Waals surface area contributed by atoms with Crippen molar-refractivity contribution in [2.45, 2.75) is 37.7 Å². The van der Waals surface area contributed by atoms with E-state index >= 15 is 0 Å². The van der Waals surface area contributed by atoms with Crippen molar-refractivity contribution in [3.8, 4) is 15.5 Å². The number of carbonyl (C=O) groups is 4. The van der Waals surface area contributed by atoms with E-state index in [1.807, 2.05) is 6.07 Å². The molecule has 1 aliphatic heterocycles. The van der Waals surface area contributed by atoms with Crippen molar-refractivity contribution in [3.63, 3.8) is 0 Å². The summed E-state index contributed by atoms with van der Waals surface area (Å²) >= 11 is 2.61. The monoisotopic (exact) mass is 646 g/mol. The van der Waals surface area contributed by atoms with Crippen LogP contribution in [0.1, 0.15) is 88.9 Å². The van der Waals surface area contributed by atoms with Crippen LogP contribution in [-0.2, 0) is 5.60 Å². The molecule has 0 amide bonds. The van der Waals surface area contributed by atoms with Gasteiger partial charge >= 0.3 is 0 Å². The average molecular weight is 647 g/mol. The number of thiophene rings is 2. The summed E-state index contributed by atoms with van der Waals surface area (Å²) in [6.45, 7) is 0. The lowest BCUT2D eigenvalue weighted by Gasteiger charge is -2.40. The second-order valence-electron chi connectivity index (χ2n) is 11.4. The van der Waals surface area contributed by atoms with Gasteiger partial charge < -0.3 is 4.74 Å². The zero-order valence-electron chi connectivity index (χ0n) is 23.0. The number of carbonyl (C=O) groups excluding carboxylic acids is 4. The fourth-order valence-electron chi connectivity index (χ4n) is 6.62. The molecular formula is C34H18F4O5S2. The van der Waals surface area contributed by atoms with Gasteiger partial charge in [-0.2, -0.15) is 0 Å². The van der Waals surface area contributed by atoms with Gasteiger partial charge in [0.1, 0.15) is 11.4 Å². The second-order valence-corrected chi connectivity index (χ2v) is 13.6. The molecule has 4 aromatic rings. The van der Waals surface area contributed by atoms with E-state index in [0.29, 0.717) is 15.5 Å². The predicted octanol–water partition coefficient (Wildman–Crippen LogP) is 8.51. The van der Waals surface area contributed by atoms with Crippen LogP contribution in [0.3, 0.4) is 0 Å². The highest BCUT2D eigenvalue weighted by Crippen LogP contribution is 2.57. The maximum atomic E-state index is 13.9. The standard InChI is InChI=1S/C34H18F4O5S2/c35-23-10-16-17(11-24(23)36)29(40)20(28(16)39)6-14-8-22-32(44-14)33-27(43-34(22)4-2-1-3-5-34)9-15(45-33)7-21-30(41)18-12-25(37)26(38)13-19(18)31(21)42/h6-13H,1-5H2. The Morgan fingerprint density at radius 3 is 1.47 bits per heavy atom. The molecule has 1 spiro atoms. The van der Waals surface area contributed by atoms with Crippen LogP contribution in [0.25, 0.3) is 21.9 Å². The van der Waals surface area contributed by atoms with Crippen LogP contribution in [0, 0.1) is 23.3 Å². The molecule has 3 aliphatic carbocycles. The molecule has 0 radical (unpaired) electrons. The van der Waals surface area contributed by atoms with E-state index < -0.39 is 52.0 Å². The number of fused-ring (bicyclic) bond motifs is 6. The Labute approximate surface area is 260 Å². The smallest absolute Gasteiger partial charge is 0.197 e. The maximum Gasteiger partial charge on any atom is 0.197 e. The molecule has 2 aromatic carbocycles. The van der Waals surface area contributed by atoms with Gasteiger partial charge in [-0.1, -0.05) is 6.42 Å². The van der Waals surface area contributed by atoms with E-state index in [0.717, 1.165) is 71.7 Å². The SMILES string of the molecule is O=C1C(=Cc2cc3c(s2)-c2sc(C=C4C(=O)c5cc(F)c(F)cc5C4=O)cc2C2(CCCCC2)O3)C(=O)c2cc(F)c(F)cc21. The van der Waals surface area contributed by atoms with Gasteiger partial charge in [-0.3, -0.25) is 19.2 Å². The highest BCUT2D eigenvalue weighted by molar-refractivity contribution is 7.23. The highest BCUT2D eigenvalue weighted by Gasteiger charge is 2.44. The number of rotatable bonds is 2. The Bertz CT molecular complexity index is 2060. The molecule has 224 valence electrons. The van der Waals surface area contributed by atoms with Gasteiger partial charge in [0.15, 0.2) is 46.4 Å². The van der Waals surface area contributed by atoms with Gasteiger partial charge in [-0.05, 0) is 74.2 Å². The van der Waals surface area contributed by atoms with Gasteiger partial charge in [-0.15, -0.1) is 22.7 Å². The number of hydrogen-bond acceptors (Lipinski definition) is 7. The lowest BCUT2D eigenvalue weighted by molar-refractivity contribution is 0.0250. The first-order chi connectivity index (χ1) is 21.5. The van der Waals surface area contributed by atoms with Crippen LogP contribution >= 0.6 is 22.7 Å². The van der Waals surface area contributed by atoms with Crippen molar-refractivity contribution in [3.05, 3.63) is 108 Å². The third-order valence-electron chi connectivity index (χ3n) is 8.78.